The molecule has 4 aromatic rings. The molecule has 1 heterocycles. The summed E-state index contributed by atoms with van der Waals surface area (Å²) in [6.45, 7) is 6.82. The van der Waals surface area contributed by atoms with Gasteiger partial charge in [-0.3, -0.25) is 0 Å². The smallest absolute Gasteiger partial charge is 0.200 e. The first-order valence-corrected chi connectivity index (χ1v) is 9.53. The first kappa shape index (κ1) is 15.2. The highest BCUT2D eigenvalue weighted by Gasteiger charge is 2.36. The van der Waals surface area contributed by atoms with Crippen molar-refractivity contribution >= 4 is 10.8 Å². The standard InChI is InChI=1S/C26H24N/c1-17-15-22-20-11-7-8-12-23(20)26(2,3)24(22)16-21(17)25-19-10-6-5-9-18(19)13-14-27(25)4/h5-16H,1-4H3/q+1/i14D. The van der Waals surface area contributed by atoms with Gasteiger partial charge in [-0.25, -0.2) is 4.57 Å². The number of aryl methyl sites for hydroxylation is 1. The van der Waals surface area contributed by atoms with E-state index in [1.807, 2.05) is 23.7 Å². The minimum atomic E-state index is -0.0265. The molecule has 0 aliphatic heterocycles. The third-order valence-electron chi connectivity index (χ3n) is 6.15. The molecule has 1 aliphatic rings. The largest absolute Gasteiger partial charge is 0.220 e. The van der Waals surface area contributed by atoms with Crippen molar-refractivity contribution in [2.45, 2.75) is 26.2 Å². The van der Waals surface area contributed by atoms with Crippen LogP contribution in [0.3, 0.4) is 0 Å². The van der Waals surface area contributed by atoms with Crippen molar-refractivity contribution in [2.24, 2.45) is 7.05 Å². The molecular weight excluding hydrogens is 326 g/mol. The Balaban J connectivity index is 1.86. The van der Waals surface area contributed by atoms with Gasteiger partial charge in [-0.15, -0.1) is 0 Å². The number of benzene rings is 3. The van der Waals surface area contributed by atoms with Crippen LogP contribution in [0, 0.1) is 6.92 Å². The third kappa shape index (κ3) is 2.21. The second kappa shape index (κ2) is 5.53. The molecular formula is C26H24N+. The molecule has 3 aromatic carbocycles. The Labute approximate surface area is 162 Å². The molecule has 0 N–H and O–H groups in total. The van der Waals surface area contributed by atoms with E-state index in [2.05, 4.69) is 75.4 Å². The average Bonchev–Trinajstić information content (AvgIpc) is 2.90. The van der Waals surface area contributed by atoms with Crippen LogP contribution >= 0.6 is 0 Å². The molecule has 1 nitrogen and oxygen atoms in total. The summed E-state index contributed by atoms with van der Waals surface area (Å²) >= 11 is 0. The van der Waals surface area contributed by atoms with Crippen LogP contribution in [0.4, 0.5) is 0 Å². The number of hydrogen-bond donors (Lipinski definition) is 0. The zero-order valence-electron chi connectivity index (χ0n) is 17.3. The molecule has 1 aromatic heterocycles. The van der Waals surface area contributed by atoms with Crippen molar-refractivity contribution in [2.75, 3.05) is 0 Å². The average molecular weight is 351 g/mol. The van der Waals surface area contributed by atoms with Crippen molar-refractivity contribution in [3.63, 3.8) is 0 Å². The number of hydrogen-bond acceptors (Lipinski definition) is 0. The van der Waals surface area contributed by atoms with Crippen LogP contribution < -0.4 is 4.57 Å². The topological polar surface area (TPSA) is 3.88 Å². The normalized spacial score (nSPS) is 14.7. The summed E-state index contributed by atoms with van der Waals surface area (Å²) in [7, 11) is 2.00. The third-order valence-corrected chi connectivity index (χ3v) is 6.15. The lowest BCUT2D eigenvalue weighted by atomic mass is 9.81. The molecule has 5 rings (SSSR count). The van der Waals surface area contributed by atoms with Gasteiger partial charge in [0.25, 0.3) is 0 Å². The van der Waals surface area contributed by atoms with Gasteiger partial charge in [-0.2, -0.15) is 0 Å². The number of rotatable bonds is 1. The Bertz CT molecular complexity index is 1270. The van der Waals surface area contributed by atoms with E-state index in [-0.39, 0.29) is 5.41 Å². The van der Waals surface area contributed by atoms with Gasteiger partial charge in [-0.05, 0) is 52.3 Å². The second-order valence-electron chi connectivity index (χ2n) is 8.15. The van der Waals surface area contributed by atoms with E-state index in [9.17, 15) is 0 Å². The quantitative estimate of drug-likeness (QED) is 0.373. The summed E-state index contributed by atoms with van der Waals surface area (Å²) in [5, 5.41) is 2.31. The molecule has 1 heteroatoms. The number of pyridine rings is 1. The Kier molecular flexibility index (Phi) is 3.11. The summed E-state index contributed by atoms with van der Waals surface area (Å²) in [6, 6.07) is 23.8. The molecule has 0 spiro atoms. The minimum absolute atomic E-state index is 0.0265. The SMILES string of the molecule is [2H]c1cc2ccccc2c(-c2cc3c(cc2C)-c2ccccc2C3(C)C)[n+]1C. The first-order valence-electron chi connectivity index (χ1n) is 10.0. The van der Waals surface area contributed by atoms with Gasteiger partial charge in [0, 0.05) is 11.5 Å². The van der Waals surface area contributed by atoms with Gasteiger partial charge in [0.2, 0.25) is 5.69 Å². The molecule has 132 valence electrons. The van der Waals surface area contributed by atoms with E-state index in [1.165, 1.54) is 38.8 Å². The van der Waals surface area contributed by atoms with Gasteiger partial charge in [-0.1, -0.05) is 62.4 Å². The molecule has 1 aliphatic carbocycles. The fourth-order valence-corrected chi connectivity index (χ4v) is 4.69. The lowest BCUT2D eigenvalue weighted by molar-refractivity contribution is -0.659. The molecule has 0 fully saturated rings. The lowest BCUT2D eigenvalue weighted by Gasteiger charge is -2.22. The maximum absolute atomic E-state index is 8.46. The molecule has 0 amide bonds. The number of fused-ring (bicyclic) bond motifs is 4. The molecule has 0 atom stereocenters. The van der Waals surface area contributed by atoms with Crippen molar-refractivity contribution in [1.29, 1.82) is 0 Å². The second-order valence-corrected chi connectivity index (χ2v) is 8.15. The first-order chi connectivity index (χ1) is 13.4. The Hall–Kier alpha value is -2.93. The summed E-state index contributed by atoms with van der Waals surface area (Å²) in [5.74, 6) is 0. The molecule has 0 bridgehead atoms. The zero-order chi connectivity index (χ0) is 19.6. The monoisotopic (exact) mass is 351 g/mol. The van der Waals surface area contributed by atoms with E-state index < -0.39 is 0 Å². The predicted octanol–water partition coefficient (Wildman–Crippen LogP) is 5.95. The van der Waals surface area contributed by atoms with Gasteiger partial charge in [0.1, 0.15) is 8.42 Å². The highest BCUT2D eigenvalue weighted by molar-refractivity contribution is 5.95. The van der Waals surface area contributed by atoms with E-state index in [0.717, 1.165) is 11.1 Å². The van der Waals surface area contributed by atoms with E-state index >= 15 is 0 Å². The van der Waals surface area contributed by atoms with Gasteiger partial charge >= 0.3 is 0 Å². The minimum Gasteiger partial charge on any atom is -0.200 e. The maximum Gasteiger partial charge on any atom is 0.220 e. The molecule has 0 unspecified atom stereocenters. The summed E-state index contributed by atoms with van der Waals surface area (Å²) in [5.41, 5.74) is 9.01. The van der Waals surface area contributed by atoms with Crippen LogP contribution in [0.15, 0.2) is 72.9 Å². The van der Waals surface area contributed by atoms with Crippen LogP contribution in [0.2, 0.25) is 0 Å². The highest BCUT2D eigenvalue weighted by Crippen LogP contribution is 2.50. The molecule has 27 heavy (non-hydrogen) atoms. The van der Waals surface area contributed by atoms with E-state index in [1.54, 1.807) is 0 Å². The van der Waals surface area contributed by atoms with E-state index in [4.69, 9.17) is 1.37 Å². The fourth-order valence-electron chi connectivity index (χ4n) is 4.69. The molecule has 0 saturated carbocycles. The van der Waals surface area contributed by atoms with Gasteiger partial charge in [0.15, 0.2) is 6.17 Å². The summed E-state index contributed by atoms with van der Waals surface area (Å²) in [4.78, 5) is 0. The van der Waals surface area contributed by atoms with Crippen molar-refractivity contribution in [1.82, 2.24) is 0 Å². The number of aromatic nitrogens is 1. The fraction of sp³-hybridized carbons (Fsp3) is 0.192. The zero-order valence-corrected chi connectivity index (χ0v) is 16.3. The van der Waals surface area contributed by atoms with Crippen molar-refractivity contribution in [3.05, 3.63) is 89.6 Å². The van der Waals surface area contributed by atoms with Crippen LogP contribution in [-0.4, -0.2) is 0 Å². The number of nitrogens with zero attached hydrogens (tertiary/aromatic N) is 1. The van der Waals surface area contributed by atoms with Crippen molar-refractivity contribution < 1.29 is 5.94 Å². The maximum atomic E-state index is 8.46. The summed E-state index contributed by atoms with van der Waals surface area (Å²) < 4.78 is 10.5. The Morgan fingerprint density at radius 2 is 1.56 bits per heavy atom. The van der Waals surface area contributed by atoms with Crippen LogP contribution in [0.25, 0.3) is 33.2 Å². The van der Waals surface area contributed by atoms with Crippen molar-refractivity contribution in [3.8, 4) is 22.4 Å². The van der Waals surface area contributed by atoms with Gasteiger partial charge < -0.3 is 0 Å². The van der Waals surface area contributed by atoms with Crippen LogP contribution in [-0.2, 0) is 12.5 Å². The summed E-state index contributed by atoms with van der Waals surface area (Å²) in [6.07, 6.45) is 0.524. The highest BCUT2D eigenvalue weighted by atomic mass is 14.9. The van der Waals surface area contributed by atoms with E-state index in [0.29, 0.717) is 6.17 Å². The van der Waals surface area contributed by atoms with Gasteiger partial charge in [0.05, 0.1) is 10.9 Å². The predicted molar refractivity (Wildman–Crippen MR) is 113 cm³/mol. The van der Waals surface area contributed by atoms with Crippen LogP contribution in [0.1, 0.15) is 31.9 Å². The molecule has 0 radical (unpaired) electrons. The van der Waals surface area contributed by atoms with Crippen LogP contribution in [0.5, 0.6) is 0 Å². The Morgan fingerprint density at radius 3 is 2.41 bits per heavy atom. The molecule has 0 saturated heterocycles. The lowest BCUT2D eigenvalue weighted by Crippen LogP contribution is -2.31. The Morgan fingerprint density at radius 1 is 0.815 bits per heavy atom.